The number of anilines is 2. The molecule has 29 heavy (non-hydrogen) atoms. The van der Waals surface area contributed by atoms with Crippen LogP contribution in [0.2, 0.25) is 0 Å². The molecule has 1 saturated carbocycles. The standard InChI is InChI=1S/C21H30N4O4/c1-23(20(28)29)16-5-8-18(22-13-16)24-11-2-9-21(14-24)10-12-25(19(21)27)15-3-6-17(26)7-4-15/h5,8,13,15,17,26H,2-4,6-7,9-12,14H2,1H3,(H,28,29). The second kappa shape index (κ2) is 7.82. The van der Waals surface area contributed by atoms with Crippen molar-refractivity contribution in [2.75, 3.05) is 36.5 Å². The Hall–Kier alpha value is -2.35. The molecular formula is C21H30N4O4. The van der Waals surface area contributed by atoms with Crippen molar-refractivity contribution in [2.24, 2.45) is 5.41 Å². The maximum Gasteiger partial charge on any atom is 0.411 e. The Labute approximate surface area is 171 Å². The SMILES string of the molecule is CN(C(=O)O)c1ccc(N2CCCC3(CCN(C4CCC(O)CC4)C3=O)C2)nc1. The van der Waals surface area contributed by atoms with Crippen molar-refractivity contribution in [1.82, 2.24) is 9.88 Å². The van der Waals surface area contributed by atoms with Gasteiger partial charge < -0.3 is 20.0 Å². The summed E-state index contributed by atoms with van der Waals surface area (Å²) < 4.78 is 0. The number of piperidine rings is 1. The normalized spacial score (nSPS) is 30.1. The molecule has 4 rings (SSSR count). The first-order valence-corrected chi connectivity index (χ1v) is 10.6. The number of amides is 2. The molecule has 1 spiro atoms. The molecule has 3 fully saturated rings. The summed E-state index contributed by atoms with van der Waals surface area (Å²) in [5, 5.41) is 18.9. The van der Waals surface area contributed by atoms with E-state index in [9.17, 15) is 14.7 Å². The van der Waals surface area contributed by atoms with Gasteiger partial charge in [-0.1, -0.05) is 0 Å². The summed E-state index contributed by atoms with van der Waals surface area (Å²) in [7, 11) is 1.49. The van der Waals surface area contributed by atoms with Crippen LogP contribution in [0.5, 0.6) is 0 Å². The van der Waals surface area contributed by atoms with E-state index < -0.39 is 6.09 Å². The third-order valence-corrected chi connectivity index (χ3v) is 6.96. The molecule has 2 N–H and O–H groups in total. The second-order valence-corrected chi connectivity index (χ2v) is 8.73. The number of carbonyl (C=O) groups excluding carboxylic acids is 1. The van der Waals surface area contributed by atoms with Crippen molar-refractivity contribution < 1.29 is 19.8 Å². The largest absolute Gasteiger partial charge is 0.465 e. The number of hydrogen-bond donors (Lipinski definition) is 2. The predicted octanol–water partition coefficient (Wildman–Crippen LogP) is 2.32. The summed E-state index contributed by atoms with van der Waals surface area (Å²) in [6, 6.07) is 3.87. The average molecular weight is 402 g/mol. The summed E-state index contributed by atoms with van der Waals surface area (Å²) in [6.45, 7) is 2.33. The predicted molar refractivity (Wildman–Crippen MR) is 109 cm³/mol. The Bertz CT molecular complexity index is 762. The second-order valence-electron chi connectivity index (χ2n) is 8.73. The van der Waals surface area contributed by atoms with Crippen molar-refractivity contribution >= 4 is 23.5 Å². The highest BCUT2D eigenvalue weighted by molar-refractivity contribution is 5.86. The zero-order valence-electron chi connectivity index (χ0n) is 17.0. The van der Waals surface area contributed by atoms with E-state index in [0.717, 1.165) is 68.8 Å². The first-order valence-electron chi connectivity index (χ1n) is 10.6. The average Bonchev–Trinajstić information content (AvgIpc) is 3.04. The fourth-order valence-corrected chi connectivity index (χ4v) is 5.15. The number of aliphatic hydroxyl groups is 1. The Balaban J connectivity index is 1.45. The van der Waals surface area contributed by atoms with Gasteiger partial charge in [-0.05, 0) is 57.1 Å². The molecule has 2 amide bonds. The van der Waals surface area contributed by atoms with Gasteiger partial charge in [-0.25, -0.2) is 9.78 Å². The molecule has 0 radical (unpaired) electrons. The summed E-state index contributed by atoms with van der Waals surface area (Å²) in [5.41, 5.74) is 0.183. The molecule has 1 aromatic heterocycles. The molecule has 1 atom stereocenters. The zero-order valence-corrected chi connectivity index (χ0v) is 17.0. The first kappa shape index (κ1) is 19.9. The van der Waals surface area contributed by atoms with Gasteiger partial charge in [-0.15, -0.1) is 0 Å². The molecule has 3 heterocycles. The molecular weight excluding hydrogens is 372 g/mol. The van der Waals surface area contributed by atoms with Gasteiger partial charge in [0.05, 0.1) is 23.4 Å². The van der Waals surface area contributed by atoms with Gasteiger partial charge in [0.15, 0.2) is 0 Å². The van der Waals surface area contributed by atoms with Crippen LogP contribution in [-0.4, -0.2) is 70.9 Å². The fraction of sp³-hybridized carbons (Fsp3) is 0.667. The van der Waals surface area contributed by atoms with Gasteiger partial charge in [0.2, 0.25) is 5.91 Å². The Morgan fingerprint density at radius 3 is 2.62 bits per heavy atom. The lowest BCUT2D eigenvalue weighted by molar-refractivity contribution is -0.139. The van der Waals surface area contributed by atoms with Crippen LogP contribution in [0.4, 0.5) is 16.3 Å². The van der Waals surface area contributed by atoms with Crippen LogP contribution >= 0.6 is 0 Å². The Kier molecular flexibility index (Phi) is 5.38. The maximum atomic E-state index is 13.4. The van der Waals surface area contributed by atoms with Crippen LogP contribution in [0.1, 0.15) is 44.9 Å². The molecule has 1 aromatic rings. The minimum atomic E-state index is -1.02. The molecule has 3 aliphatic rings. The summed E-state index contributed by atoms with van der Waals surface area (Å²) in [4.78, 5) is 34.4. The minimum absolute atomic E-state index is 0.211. The number of pyridine rings is 1. The van der Waals surface area contributed by atoms with Crippen LogP contribution in [0.15, 0.2) is 18.3 Å². The summed E-state index contributed by atoms with van der Waals surface area (Å²) in [6.07, 6.45) is 6.43. The van der Waals surface area contributed by atoms with Gasteiger partial charge in [0.1, 0.15) is 5.82 Å². The molecule has 8 nitrogen and oxygen atoms in total. The molecule has 0 bridgehead atoms. The Morgan fingerprint density at radius 1 is 1.21 bits per heavy atom. The summed E-state index contributed by atoms with van der Waals surface area (Å²) in [5.74, 6) is 1.06. The molecule has 1 unspecified atom stereocenters. The highest BCUT2D eigenvalue weighted by atomic mass is 16.4. The van der Waals surface area contributed by atoms with E-state index in [4.69, 9.17) is 5.11 Å². The zero-order chi connectivity index (χ0) is 20.6. The van der Waals surface area contributed by atoms with Crippen LogP contribution in [0.3, 0.4) is 0 Å². The molecule has 0 aromatic carbocycles. The molecule has 2 saturated heterocycles. The lowest BCUT2D eigenvalue weighted by atomic mass is 9.78. The number of aromatic nitrogens is 1. The van der Waals surface area contributed by atoms with Crippen LogP contribution in [0, 0.1) is 5.41 Å². The molecule has 8 heteroatoms. The van der Waals surface area contributed by atoms with E-state index in [1.165, 1.54) is 7.05 Å². The van der Waals surface area contributed by atoms with E-state index in [1.807, 2.05) is 6.07 Å². The minimum Gasteiger partial charge on any atom is -0.465 e. The van der Waals surface area contributed by atoms with Crippen molar-refractivity contribution in [1.29, 1.82) is 0 Å². The quantitative estimate of drug-likeness (QED) is 0.805. The van der Waals surface area contributed by atoms with Crippen LogP contribution in [0.25, 0.3) is 0 Å². The molecule has 158 valence electrons. The number of likely N-dealkylation sites (tertiary alicyclic amines) is 1. The monoisotopic (exact) mass is 402 g/mol. The maximum absolute atomic E-state index is 13.4. The third kappa shape index (κ3) is 3.77. The van der Waals surface area contributed by atoms with Gasteiger partial charge in [-0.3, -0.25) is 9.69 Å². The Morgan fingerprint density at radius 2 is 1.97 bits per heavy atom. The van der Waals surface area contributed by atoms with Crippen molar-refractivity contribution in [3.05, 3.63) is 18.3 Å². The van der Waals surface area contributed by atoms with Crippen molar-refractivity contribution in [2.45, 2.75) is 57.1 Å². The lowest BCUT2D eigenvalue weighted by Gasteiger charge is -2.41. The number of rotatable bonds is 3. The highest BCUT2D eigenvalue weighted by Gasteiger charge is 2.50. The number of nitrogens with zero attached hydrogens (tertiary/aromatic N) is 4. The number of aliphatic hydroxyl groups excluding tert-OH is 1. The van der Waals surface area contributed by atoms with E-state index in [2.05, 4.69) is 14.8 Å². The smallest absolute Gasteiger partial charge is 0.411 e. The lowest BCUT2D eigenvalue weighted by Crippen LogP contribution is -2.50. The van der Waals surface area contributed by atoms with E-state index in [1.54, 1.807) is 12.3 Å². The van der Waals surface area contributed by atoms with Gasteiger partial charge in [0.25, 0.3) is 0 Å². The van der Waals surface area contributed by atoms with E-state index in [0.29, 0.717) is 12.2 Å². The molecule has 1 aliphatic carbocycles. The number of carboxylic acid groups (broad SMARTS) is 1. The first-order chi connectivity index (χ1) is 13.9. The number of carbonyl (C=O) groups is 2. The van der Waals surface area contributed by atoms with Crippen molar-refractivity contribution in [3.8, 4) is 0 Å². The number of hydrogen-bond acceptors (Lipinski definition) is 5. The van der Waals surface area contributed by atoms with Crippen molar-refractivity contribution in [3.63, 3.8) is 0 Å². The fourth-order valence-electron chi connectivity index (χ4n) is 5.15. The highest BCUT2D eigenvalue weighted by Crippen LogP contribution is 2.43. The summed E-state index contributed by atoms with van der Waals surface area (Å²) >= 11 is 0. The van der Waals surface area contributed by atoms with Gasteiger partial charge in [-0.2, -0.15) is 0 Å². The van der Waals surface area contributed by atoms with E-state index in [-0.39, 0.29) is 23.5 Å². The third-order valence-electron chi connectivity index (χ3n) is 6.96. The van der Waals surface area contributed by atoms with Gasteiger partial charge in [0, 0.05) is 32.7 Å². The van der Waals surface area contributed by atoms with E-state index >= 15 is 0 Å². The topological polar surface area (TPSA) is 97.2 Å². The van der Waals surface area contributed by atoms with Crippen LogP contribution in [-0.2, 0) is 4.79 Å². The molecule has 2 aliphatic heterocycles. The van der Waals surface area contributed by atoms with Crippen LogP contribution < -0.4 is 9.80 Å². The van der Waals surface area contributed by atoms with Gasteiger partial charge >= 0.3 is 6.09 Å².